The van der Waals surface area contributed by atoms with Gasteiger partial charge in [-0.2, -0.15) is 0 Å². The Hall–Kier alpha value is -3.00. The van der Waals surface area contributed by atoms with Crippen LogP contribution < -0.4 is 14.8 Å². The summed E-state index contributed by atoms with van der Waals surface area (Å²) in [6.07, 6.45) is 1.95. The predicted molar refractivity (Wildman–Crippen MR) is 96.9 cm³/mol. The fourth-order valence-corrected chi connectivity index (χ4v) is 2.96. The number of hydrogen-bond donors (Lipinski definition) is 1. The zero-order valence-electron chi connectivity index (χ0n) is 13.9. The molecule has 0 aliphatic carbocycles. The first-order chi connectivity index (χ1) is 12.7. The lowest BCUT2D eigenvalue weighted by Crippen LogP contribution is -2.15. The molecule has 1 aliphatic heterocycles. The Kier molecular flexibility index (Phi) is 4.49. The third-order valence-corrected chi connectivity index (χ3v) is 4.49. The molecular formula is C18H15N3O4S. The van der Waals surface area contributed by atoms with Crippen LogP contribution in [-0.2, 0) is 0 Å². The molecule has 7 nitrogen and oxygen atoms in total. The Morgan fingerprint density at radius 2 is 1.92 bits per heavy atom. The lowest BCUT2D eigenvalue weighted by molar-refractivity contribution is 0.102. The number of amides is 1. The highest BCUT2D eigenvalue weighted by atomic mass is 32.2. The number of rotatable bonds is 4. The van der Waals surface area contributed by atoms with Crippen molar-refractivity contribution in [3.8, 4) is 23.0 Å². The van der Waals surface area contributed by atoms with Crippen molar-refractivity contribution >= 4 is 23.7 Å². The average molecular weight is 369 g/mol. The highest BCUT2D eigenvalue weighted by Crippen LogP contribution is 2.34. The van der Waals surface area contributed by atoms with Crippen LogP contribution in [0.15, 0.2) is 51.8 Å². The summed E-state index contributed by atoms with van der Waals surface area (Å²) in [7, 11) is 0. The van der Waals surface area contributed by atoms with Crippen molar-refractivity contribution in [1.82, 2.24) is 10.2 Å². The van der Waals surface area contributed by atoms with E-state index in [2.05, 4.69) is 15.5 Å². The van der Waals surface area contributed by atoms with Gasteiger partial charge in [0.05, 0.1) is 0 Å². The Balaban J connectivity index is 1.52. The van der Waals surface area contributed by atoms with Crippen LogP contribution in [0.3, 0.4) is 0 Å². The zero-order chi connectivity index (χ0) is 17.9. The van der Waals surface area contributed by atoms with Gasteiger partial charge in [-0.3, -0.25) is 10.1 Å². The van der Waals surface area contributed by atoms with E-state index >= 15 is 0 Å². The number of carbonyl (C=O) groups is 1. The highest BCUT2D eigenvalue weighted by molar-refractivity contribution is 7.98. The standard InChI is InChI=1S/C18H15N3O4S/c1-26-13-4-2-3-11(9-13)16(22)19-18-21-20-17(25-18)12-5-6-14-15(10-12)24-8-7-23-14/h2-6,9-10H,7-8H2,1H3,(H,19,21,22). The molecule has 0 atom stereocenters. The van der Waals surface area contributed by atoms with Crippen molar-refractivity contribution in [3.05, 3.63) is 48.0 Å². The number of fused-ring (bicyclic) bond motifs is 1. The largest absolute Gasteiger partial charge is 0.486 e. The molecule has 0 bridgehead atoms. The second kappa shape index (κ2) is 7.09. The van der Waals surface area contributed by atoms with Crippen molar-refractivity contribution in [2.45, 2.75) is 4.90 Å². The molecule has 0 unspecified atom stereocenters. The summed E-state index contributed by atoms with van der Waals surface area (Å²) in [5.74, 6) is 1.29. The summed E-state index contributed by atoms with van der Waals surface area (Å²) in [6.45, 7) is 1.03. The van der Waals surface area contributed by atoms with Crippen molar-refractivity contribution in [1.29, 1.82) is 0 Å². The minimum absolute atomic E-state index is 0.0365. The maximum atomic E-state index is 12.3. The molecule has 1 aromatic heterocycles. The van der Waals surface area contributed by atoms with E-state index in [0.717, 1.165) is 4.90 Å². The quantitative estimate of drug-likeness (QED) is 0.705. The fourth-order valence-electron chi connectivity index (χ4n) is 2.50. The molecule has 2 aromatic carbocycles. The van der Waals surface area contributed by atoms with Crippen LogP contribution in [0.1, 0.15) is 10.4 Å². The van der Waals surface area contributed by atoms with E-state index in [1.54, 1.807) is 42.1 Å². The Morgan fingerprint density at radius 3 is 2.77 bits per heavy atom. The summed E-state index contributed by atoms with van der Waals surface area (Å²) in [6, 6.07) is 12.7. The van der Waals surface area contributed by atoms with Gasteiger partial charge in [-0.15, -0.1) is 16.9 Å². The number of ether oxygens (including phenoxy) is 2. The molecule has 0 radical (unpaired) electrons. The smallest absolute Gasteiger partial charge is 0.322 e. The maximum Gasteiger partial charge on any atom is 0.322 e. The molecular weight excluding hydrogens is 354 g/mol. The van der Waals surface area contributed by atoms with Crippen LogP contribution in [0.4, 0.5) is 6.01 Å². The van der Waals surface area contributed by atoms with Gasteiger partial charge >= 0.3 is 6.01 Å². The molecule has 26 heavy (non-hydrogen) atoms. The molecule has 0 saturated carbocycles. The molecule has 132 valence electrons. The van der Waals surface area contributed by atoms with Crippen LogP contribution >= 0.6 is 11.8 Å². The van der Waals surface area contributed by atoms with Crippen LogP contribution in [0.25, 0.3) is 11.5 Å². The van der Waals surface area contributed by atoms with Gasteiger partial charge in [-0.25, -0.2) is 0 Å². The fraction of sp³-hybridized carbons (Fsp3) is 0.167. The number of nitrogens with one attached hydrogen (secondary N) is 1. The summed E-state index contributed by atoms with van der Waals surface area (Å²) >= 11 is 1.57. The van der Waals surface area contributed by atoms with E-state index in [4.69, 9.17) is 13.9 Å². The second-order valence-electron chi connectivity index (χ2n) is 5.46. The Bertz CT molecular complexity index is 957. The molecule has 3 aromatic rings. The van der Waals surface area contributed by atoms with Gasteiger partial charge in [0.25, 0.3) is 5.91 Å². The van der Waals surface area contributed by atoms with Crippen LogP contribution in [-0.4, -0.2) is 35.6 Å². The van der Waals surface area contributed by atoms with Gasteiger partial charge in [0.1, 0.15) is 13.2 Å². The normalized spacial score (nSPS) is 12.7. The molecule has 4 rings (SSSR count). The highest BCUT2D eigenvalue weighted by Gasteiger charge is 2.17. The van der Waals surface area contributed by atoms with Crippen LogP contribution in [0, 0.1) is 0 Å². The van der Waals surface area contributed by atoms with Gasteiger partial charge in [-0.1, -0.05) is 11.2 Å². The van der Waals surface area contributed by atoms with Crippen LogP contribution in [0.5, 0.6) is 11.5 Å². The van der Waals surface area contributed by atoms with E-state index in [-0.39, 0.29) is 17.8 Å². The molecule has 1 amide bonds. The van der Waals surface area contributed by atoms with Gasteiger partial charge in [0.15, 0.2) is 11.5 Å². The van der Waals surface area contributed by atoms with Crippen LogP contribution in [0.2, 0.25) is 0 Å². The molecule has 2 heterocycles. The third-order valence-electron chi connectivity index (χ3n) is 3.77. The third kappa shape index (κ3) is 3.36. The maximum absolute atomic E-state index is 12.3. The number of thioether (sulfide) groups is 1. The number of hydrogen-bond acceptors (Lipinski definition) is 7. The number of anilines is 1. The zero-order valence-corrected chi connectivity index (χ0v) is 14.7. The van der Waals surface area contributed by atoms with Crippen molar-refractivity contribution in [3.63, 3.8) is 0 Å². The van der Waals surface area contributed by atoms with Gasteiger partial charge in [-0.05, 0) is 42.7 Å². The molecule has 1 N–H and O–H groups in total. The van der Waals surface area contributed by atoms with E-state index in [1.165, 1.54) is 0 Å². The van der Waals surface area contributed by atoms with E-state index in [9.17, 15) is 4.79 Å². The first-order valence-corrected chi connectivity index (χ1v) is 9.14. The average Bonchev–Trinajstić information content (AvgIpc) is 3.16. The molecule has 8 heteroatoms. The van der Waals surface area contributed by atoms with Gasteiger partial charge < -0.3 is 13.9 Å². The van der Waals surface area contributed by atoms with E-state index in [0.29, 0.717) is 35.8 Å². The van der Waals surface area contributed by atoms with E-state index < -0.39 is 0 Å². The summed E-state index contributed by atoms with van der Waals surface area (Å²) < 4.78 is 16.6. The second-order valence-corrected chi connectivity index (χ2v) is 6.34. The Labute approximate surface area is 153 Å². The van der Waals surface area contributed by atoms with Crippen molar-refractivity contribution < 1.29 is 18.7 Å². The number of aromatic nitrogens is 2. The molecule has 1 aliphatic rings. The summed E-state index contributed by atoms with van der Waals surface area (Å²) in [5.41, 5.74) is 1.21. The molecule has 0 fully saturated rings. The number of carbonyl (C=O) groups excluding carboxylic acids is 1. The van der Waals surface area contributed by atoms with Gasteiger partial charge in [0.2, 0.25) is 5.89 Å². The van der Waals surface area contributed by atoms with Crippen molar-refractivity contribution in [2.75, 3.05) is 24.8 Å². The topological polar surface area (TPSA) is 86.5 Å². The summed E-state index contributed by atoms with van der Waals surface area (Å²) in [5, 5.41) is 10.5. The Morgan fingerprint density at radius 1 is 1.08 bits per heavy atom. The monoisotopic (exact) mass is 369 g/mol. The summed E-state index contributed by atoms with van der Waals surface area (Å²) in [4.78, 5) is 13.3. The molecule has 0 saturated heterocycles. The van der Waals surface area contributed by atoms with E-state index in [1.807, 2.05) is 18.4 Å². The minimum Gasteiger partial charge on any atom is -0.486 e. The van der Waals surface area contributed by atoms with Gasteiger partial charge in [0, 0.05) is 16.0 Å². The molecule has 0 spiro atoms. The lowest BCUT2D eigenvalue weighted by Gasteiger charge is -2.18. The first-order valence-electron chi connectivity index (χ1n) is 7.92. The SMILES string of the molecule is CSc1cccc(C(=O)Nc2nnc(-c3ccc4c(c3)OCCO4)o2)c1. The predicted octanol–water partition coefficient (Wildman–Crippen LogP) is 3.48. The minimum atomic E-state index is -0.307. The number of nitrogens with zero attached hydrogens (tertiary/aromatic N) is 2. The lowest BCUT2D eigenvalue weighted by atomic mass is 10.2. The number of benzene rings is 2. The first kappa shape index (κ1) is 16.5. The van der Waals surface area contributed by atoms with Crippen molar-refractivity contribution in [2.24, 2.45) is 0 Å².